The fourth-order valence-electron chi connectivity index (χ4n) is 2.52. The molecule has 1 atom stereocenters. The van der Waals surface area contributed by atoms with E-state index in [9.17, 15) is 4.79 Å². The molecule has 0 amide bonds. The van der Waals surface area contributed by atoms with Crippen LogP contribution < -0.4 is 0 Å². The van der Waals surface area contributed by atoms with Crippen LogP contribution in [0.1, 0.15) is 49.0 Å². The fourth-order valence-corrected chi connectivity index (χ4v) is 2.52. The van der Waals surface area contributed by atoms with Crippen molar-refractivity contribution in [3.05, 3.63) is 17.7 Å². The van der Waals surface area contributed by atoms with Gasteiger partial charge in [-0.05, 0) is 25.7 Å². The highest BCUT2D eigenvalue weighted by Crippen LogP contribution is 2.41. The Morgan fingerprint density at radius 1 is 1.53 bits per heavy atom. The van der Waals surface area contributed by atoms with Crippen LogP contribution >= 0.6 is 0 Å². The van der Waals surface area contributed by atoms with E-state index in [0.29, 0.717) is 6.04 Å². The lowest BCUT2D eigenvalue weighted by Crippen LogP contribution is -2.03. The highest BCUT2D eigenvalue weighted by Gasteiger charge is 2.33. The van der Waals surface area contributed by atoms with Gasteiger partial charge in [0.2, 0.25) is 0 Å². The number of hydrogen-bond donors (Lipinski definition) is 1. The van der Waals surface area contributed by atoms with E-state index in [-0.39, 0.29) is 12.3 Å². The van der Waals surface area contributed by atoms with Crippen LogP contribution in [0.15, 0.2) is 6.33 Å². The number of aromatic nitrogens is 2. The van der Waals surface area contributed by atoms with Crippen molar-refractivity contribution >= 4 is 5.97 Å². The van der Waals surface area contributed by atoms with Crippen LogP contribution in [0.25, 0.3) is 0 Å². The monoisotopic (exact) mass is 206 g/mol. The predicted molar refractivity (Wildman–Crippen MR) is 53.8 cm³/mol. The van der Waals surface area contributed by atoms with Crippen molar-refractivity contribution in [1.82, 2.24) is 9.55 Å². The summed E-state index contributed by atoms with van der Waals surface area (Å²) < 4.78 is 2.26. The standard InChI is InChI=1S/C11H14N2O2/c14-10(15)5-7-1-4-9-11(7)12-6-13(9)8-2-3-8/h6-8H,1-5H2,(H,14,15). The van der Waals surface area contributed by atoms with Gasteiger partial charge >= 0.3 is 5.97 Å². The second-order valence-corrected chi connectivity index (χ2v) is 4.55. The number of hydrogen-bond acceptors (Lipinski definition) is 2. The summed E-state index contributed by atoms with van der Waals surface area (Å²) in [7, 11) is 0. The summed E-state index contributed by atoms with van der Waals surface area (Å²) in [5, 5.41) is 8.79. The minimum atomic E-state index is -0.714. The quantitative estimate of drug-likeness (QED) is 0.819. The summed E-state index contributed by atoms with van der Waals surface area (Å²) in [4.78, 5) is 15.1. The maximum absolute atomic E-state index is 10.7. The Kier molecular flexibility index (Phi) is 1.84. The van der Waals surface area contributed by atoms with E-state index in [2.05, 4.69) is 9.55 Å². The molecule has 80 valence electrons. The van der Waals surface area contributed by atoms with Gasteiger partial charge in [0.25, 0.3) is 0 Å². The number of carboxylic acids is 1. The van der Waals surface area contributed by atoms with Gasteiger partial charge in [0, 0.05) is 17.7 Å². The van der Waals surface area contributed by atoms with Crippen molar-refractivity contribution in [2.75, 3.05) is 0 Å². The Hall–Kier alpha value is -1.32. The molecular weight excluding hydrogens is 192 g/mol. The summed E-state index contributed by atoms with van der Waals surface area (Å²) in [6.07, 6.45) is 6.60. The van der Waals surface area contributed by atoms with E-state index in [0.717, 1.165) is 18.5 Å². The number of nitrogens with zero attached hydrogens (tertiary/aromatic N) is 2. The molecule has 2 aliphatic carbocycles. The molecule has 0 spiro atoms. The lowest BCUT2D eigenvalue weighted by atomic mass is 10.0. The lowest BCUT2D eigenvalue weighted by Gasteiger charge is -2.03. The molecule has 2 aliphatic rings. The van der Waals surface area contributed by atoms with Gasteiger partial charge in [0.1, 0.15) is 0 Å². The molecule has 1 aromatic rings. The number of rotatable bonds is 3. The van der Waals surface area contributed by atoms with Gasteiger partial charge < -0.3 is 9.67 Å². The van der Waals surface area contributed by atoms with Gasteiger partial charge in [-0.2, -0.15) is 0 Å². The Bertz CT molecular complexity index is 407. The van der Waals surface area contributed by atoms with Crippen LogP contribution in [-0.2, 0) is 11.2 Å². The van der Waals surface area contributed by atoms with Crippen LogP contribution in [0.3, 0.4) is 0 Å². The zero-order valence-electron chi connectivity index (χ0n) is 8.52. The average molecular weight is 206 g/mol. The van der Waals surface area contributed by atoms with Crippen molar-refractivity contribution < 1.29 is 9.90 Å². The van der Waals surface area contributed by atoms with Crippen molar-refractivity contribution in [2.45, 2.75) is 44.1 Å². The molecule has 4 heteroatoms. The predicted octanol–water partition coefficient (Wildman–Crippen LogP) is 1.72. The zero-order valence-corrected chi connectivity index (χ0v) is 8.52. The van der Waals surface area contributed by atoms with Gasteiger partial charge in [-0.15, -0.1) is 0 Å². The summed E-state index contributed by atoms with van der Waals surface area (Å²) in [6.45, 7) is 0. The maximum Gasteiger partial charge on any atom is 0.304 e. The largest absolute Gasteiger partial charge is 0.481 e. The highest BCUT2D eigenvalue weighted by molar-refractivity contribution is 5.68. The molecule has 1 heterocycles. The van der Waals surface area contributed by atoms with Crippen molar-refractivity contribution in [2.24, 2.45) is 0 Å². The molecule has 0 bridgehead atoms. The molecule has 1 saturated carbocycles. The Labute approximate surface area is 87.9 Å². The van der Waals surface area contributed by atoms with E-state index in [1.54, 1.807) is 0 Å². The van der Waals surface area contributed by atoms with Crippen LogP contribution in [0.5, 0.6) is 0 Å². The topological polar surface area (TPSA) is 55.1 Å². The Morgan fingerprint density at radius 3 is 3.00 bits per heavy atom. The van der Waals surface area contributed by atoms with Crippen molar-refractivity contribution in [1.29, 1.82) is 0 Å². The highest BCUT2D eigenvalue weighted by atomic mass is 16.4. The zero-order chi connectivity index (χ0) is 10.4. The van der Waals surface area contributed by atoms with Crippen LogP contribution in [0, 0.1) is 0 Å². The first-order chi connectivity index (χ1) is 7.25. The second kappa shape index (κ2) is 3.08. The van der Waals surface area contributed by atoms with Crippen molar-refractivity contribution in [3.8, 4) is 0 Å². The minimum Gasteiger partial charge on any atom is -0.481 e. The molecule has 1 aromatic heterocycles. The number of fused-ring (bicyclic) bond motifs is 1. The van der Waals surface area contributed by atoms with E-state index in [1.165, 1.54) is 18.5 Å². The van der Waals surface area contributed by atoms with E-state index >= 15 is 0 Å². The normalized spacial score (nSPS) is 24.1. The van der Waals surface area contributed by atoms with Crippen LogP contribution in [0.4, 0.5) is 0 Å². The number of imidazole rings is 1. The van der Waals surface area contributed by atoms with E-state index in [1.807, 2.05) is 6.33 Å². The molecule has 15 heavy (non-hydrogen) atoms. The maximum atomic E-state index is 10.7. The molecule has 0 aromatic carbocycles. The summed E-state index contributed by atoms with van der Waals surface area (Å²) >= 11 is 0. The van der Waals surface area contributed by atoms with Crippen LogP contribution in [0.2, 0.25) is 0 Å². The van der Waals surface area contributed by atoms with E-state index < -0.39 is 5.97 Å². The second-order valence-electron chi connectivity index (χ2n) is 4.55. The number of carbonyl (C=O) groups is 1. The molecule has 4 nitrogen and oxygen atoms in total. The molecule has 1 fully saturated rings. The van der Waals surface area contributed by atoms with Gasteiger partial charge in [0.05, 0.1) is 18.4 Å². The smallest absolute Gasteiger partial charge is 0.304 e. The third kappa shape index (κ3) is 1.44. The first-order valence-electron chi connectivity index (χ1n) is 5.53. The first kappa shape index (κ1) is 8.95. The Morgan fingerprint density at radius 2 is 2.33 bits per heavy atom. The van der Waals surface area contributed by atoms with Gasteiger partial charge in [0.15, 0.2) is 0 Å². The number of aliphatic carboxylic acids is 1. The van der Waals surface area contributed by atoms with Gasteiger partial charge in [-0.1, -0.05) is 0 Å². The van der Waals surface area contributed by atoms with Gasteiger partial charge in [-0.25, -0.2) is 4.98 Å². The number of carboxylic acid groups (broad SMARTS) is 1. The third-order valence-corrected chi connectivity index (χ3v) is 3.41. The first-order valence-corrected chi connectivity index (χ1v) is 5.53. The average Bonchev–Trinajstić information content (AvgIpc) is 2.81. The molecule has 0 aliphatic heterocycles. The van der Waals surface area contributed by atoms with Crippen LogP contribution in [-0.4, -0.2) is 20.6 Å². The van der Waals surface area contributed by atoms with Crippen molar-refractivity contribution in [3.63, 3.8) is 0 Å². The molecule has 3 rings (SSSR count). The fraction of sp³-hybridized carbons (Fsp3) is 0.636. The SMILES string of the molecule is O=C(O)CC1CCc2c1ncn2C1CC1. The molecule has 1 unspecified atom stereocenters. The molecule has 0 saturated heterocycles. The third-order valence-electron chi connectivity index (χ3n) is 3.41. The van der Waals surface area contributed by atoms with Gasteiger partial charge in [-0.3, -0.25) is 4.79 Å². The molecule has 1 N–H and O–H groups in total. The summed E-state index contributed by atoms with van der Waals surface area (Å²) in [5.41, 5.74) is 2.34. The summed E-state index contributed by atoms with van der Waals surface area (Å²) in [6, 6.07) is 0.657. The Balaban J connectivity index is 1.87. The molecular formula is C11H14N2O2. The summed E-state index contributed by atoms with van der Waals surface area (Å²) in [5.74, 6) is -0.564. The minimum absolute atomic E-state index is 0.150. The van der Waals surface area contributed by atoms with E-state index in [4.69, 9.17) is 5.11 Å². The lowest BCUT2D eigenvalue weighted by molar-refractivity contribution is -0.137. The molecule has 0 radical (unpaired) electrons.